The van der Waals surface area contributed by atoms with Gasteiger partial charge >= 0.3 is 0 Å². The fraction of sp³-hybridized carbons (Fsp3) is 0.0556. The summed E-state index contributed by atoms with van der Waals surface area (Å²) >= 11 is 0. The van der Waals surface area contributed by atoms with E-state index in [-0.39, 0.29) is 17.1 Å². The molecule has 3 aromatic rings. The summed E-state index contributed by atoms with van der Waals surface area (Å²) in [4.78, 5) is 35.0. The molecule has 0 saturated carbocycles. The van der Waals surface area contributed by atoms with Gasteiger partial charge < -0.3 is 15.2 Å². The fourth-order valence-corrected chi connectivity index (χ4v) is 2.47. The number of non-ortho nitro benzene ring substituents is 1. The number of nitro groups is 1. The summed E-state index contributed by atoms with van der Waals surface area (Å²) in [5.41, 5.74) is -0.908. The number of nitrogens with one attached hydrogen (secondary N) is 1. The van der Waals surface area contributed by atoms with Gasteiger partial charge in [-0.25, -0.2) is 0 Å². The predicted octanol–water partition coefficient (Wildman–Crippen LogP) is 2.11. The molecule has 1 amide bonds. The summed E-state index contributed by atoms with van der Waals surface area (Å²) in [7, 11) is 1.42. The molecule has 2 N–H and O–H groups in total. The standard InChI is InChI=1S/C18H14N4O6/c1-28-15-8-3-2-7-13(15)21-16(24)10-14(23)17(20-21)18(25)19-11-5-4-6-12(9-11)22(26)27/h2-10,23H,1H3,(H,19,25). The van der Waals surface area contributed by atoms with E-state index in [2.05, 4.69) is 10.4 Å². The molecule has 0 spiro atoms. The van der Waals surface area contributed by atoms with Gasteiger partial charge in [0.1, 0.15) is 11.4 Å². The second-order valence-electron chi connectivity index (χ2n) is 5.56. The van der Waals surface area contributed by atoms with Crippen molar-refractivity contribution < 1.29 is 19.6 Å². The van der Waals surface area contributed by atoms with Crippen molar-refractivity contribution in [1.82, 2.24) is 9.78 Å². The van der Waals surface area contributed by atoms with E-state index in [1.807, 2.05) is 0 Å². The lowest BCUT2D eigenvalue weighted by atomic mass is 10.2. The van der Waals surface area contributed by atoms with E-state index in [0.29, 0.717) is 5.75 Å². The molecule has 10 nitrogen and oxygen atoms in total. The zero-order valence-electron chi connectivity index (χ0n) is 14.5. The van der Waals surface area contributed by atoms with Gasteiger partial charge in [0, 0.05) is 23.9 Å². The molecule has 1 heterocycles. The number of methoxy groups -OCH3 is 1. The minimum atomic E-state index is -0.846. The molecule has 0 fully saturated rings. The van der Waals surface area contributed by atoms with Crippen molar-refractivity contribution >= 4 is 17.3 Å². The molecular weight excluding hydrogens is 368 g/mol. The Morgan fingerprint density at radius 1 is 1.21 bits per heavy atom. The van der Waals surface area contributed by atoms with Crippen LogP contribution in [0.5, 0.6) is 11.5 Å². The fourth-order valence-electron chi connectivity index (χ4n) is 2.47. The number of hydrogen-bond acceptors (Lipinski definition) is 7. The molecule has 2 aromatic carbocycles. The van der Waals surface area contributed by atoms with Gasteiger partial charge in [0.25, 0.3) is 17.2 Å². The third kappa shape index (κ3) is 3.65. The number of rotatable bonds is 5. The van der Waals surface area contributed by atoms with E-state index < -0.39 is 27.8 Å². The van der Waals surface area contributed by atoms with Crippen molar-refractivity contribution in [3.63, 3.8) is 0 Å². The van der Waals surface area contributed by atoms with E-state index in [1.165, 1.54) is 25.3 Å². The second kappa shape index (κ2) is 7.58. The molecule has 28 heavy (non-hydrogen) atoms. The minimum Gasteiger partial charge on any atom is -0.505 e. The Morgan fingerprint density at radius 2 is 1.96 bits per heavy atom. The summed E-state index contributed by atoms with van der Waals surface area (Å²) in [6.45, 7) is 0. The Balaban J connectivity index is 2.00. The lowest BCUT2D eigenvalue weighted by Gasteiger charge is -2.12. The van der Waals surface area contributed by atoms with Crippen LogP contribution in [0.15, 0.2) is 59.4 Å². The summed E-state index contributed by atoms with van der Waals surface area (Å²) in [6, 6.07) is 12.6. The topological polar surface area (TPSA) is 137 Å². The first-order valence-electron chi connectivity index (χ1n) is 7.93. The van der Waals surface area contributed by atoms with E-state index in [4.69, 9.17) is 4.74 Å². The lowest BCUT2D eigenvalue weighted by molar-refractivity contribution is -0.384. The highest BCUT2D eigenvalue weighted by molar-refractivity contribution is 6.04. The molecule has 0 saturated heterocycles. The molecule has 0 aliphatic heterocycles. The number of hydrogen-bond donors (Lipinski definition) is 2. The van der Waals surface area contributed by atoms with Crippen LogP contribution in [-0.2, 0) is 0 Å². The van der Waals surface area contributed by atoms with Crippen LogP contribution in [0.3, 0.4) is 0 Å². The highest BCUT2D eigenvalue weighted by Gasteiger charge is 2.19. The monoisotopic (exact) mass is 382 g/mol. The van der Waals surface area contributed by atoms with Crippen molar-refractivity contribution in [3.8, 4) is 17.2 Å². The first-order chi connectivity index (χ1) is 13.4. The molecule has 10 heteroatoms. The summed E-state index contributed by atoms with van der Waals surface area (Å²) in [6.07, 6.45) is 0. The Kier molecular flexibility index (Phi) is 5.03. The van der Waals surface area contributed by atoms with E-state index in [1.54, 1.807) is 24.3 Å². The van der Waals surface area contributed by atoms with Gasteiger partial charge in [-0.15, -0.1) is 0 Å². The van der Waals surface area contributed by atoms with E-state index >= 15 is 0 Å². The SMILES string of the molecule is COc1ccccc1-n1nc(C(=O)Nc2cccc([N+](=O)[O-])c2)c(O)cc1=O. The van der Waals surface area contributed by atoms with Crippen molar-refractivity contribution in [3.05, 3.63) is 80.8 Å². The van der Waals surface area contributed by atoms with Crippen molar-refractivity contribution in [2.45, 2.75) is 0 Å². The molecule has 1 aromatic heterocycles. The van der Waals surface area contributed by atoms with Gasteiger partial charge in [-0.1, -0.05) is 18.2 Å². The molecule has 142 valence electrons. The van der Waals surface area contributed by atoms with Crippen LogP contribution < -0.4 is 15.6 Å². The normalized spacial score (nSPS) is 10.3. The minimum absolute atomic E-state index is 0.135. The van der Waals surface area contributed by atoms with Gasteiger partial charge in [-0.2, -0.15) is 9.78 Å². The third-order valence-corrected chi connectivity index (χ3v) is 3.75. The summed E-state index contributed by atoms with van der Waals surface area (Å²) in [5.74, 6) is -1.13. The van der Waals surface area contributed by atoms with Crippen LogP contribution in [0, 0.1) is 10.1 Å². The van der Waals surface area contributed by atoms with Crippen LogP contribution in [0.2, 0.25) is 0 Å². The van der Waals surface area contributed by atoms with Crippen LogP contribution >= 0.6 is 0 Å². The quantitative estimate of drug-likeness (QED) is 0.509. The zero-order valence-corrected chi connectivity index (χ0v) is 14.5. The van der Waals surface area contributed by atoms with E-state index in [0.717, 1.165) is 16.8 Å². The Morgan fingerprint density at radius 3 is 2.68 bits per heavy atom. The van der Waals surface area contributed by atoms with Crippen LogP contribution in [-0.4, -0.2) is 32.8 Å². The third-order valence-electron chi connectivity index (χ3n) is 3.75. The first kappa shape index (κ1) is 18.6. The number of nitro benzene ring substituents is 1. The highest BCUT2D eigenvalue weighted by Crippen LogP contribution is 2.22. The number of benzene rings is 2. The maximum absolute atomic E-state index is 12.5. The molecule has 0 atom stereocenters. The van der Waals surface area contributed by atoms with Gasteiger partial charge in [0.15, 0.2) is 11.4 Å². The molecular formula is C18H14N4O6. The van der Waals surface area contributed by atoms with Gasteiger partial charge in [0.2, 0.25) is 0 Å². The average molecular weight is 382 g/mol. The number of carbonyl (C=O) groups is 1. The predicted molar refractivity (Wildman–Crippen MR) is 99.1 cm³/mol. The Labute approximate surface area is 157 Å². The zero-order chi connectivity index (χ0) is 20.3. The van der Waals surface area contributed by atoms with Crippen LogP contribution in [0.1, 0.15) is 10.5 Å². The number of carbonyl (C=O) groups excluding carboxylic acids is 1. The van der Waals surface area contributed by atoms with Crippen molar-refractivity contribution in [2.24, 2.45) is 0 Å². The number of anilines is 1. The first-order valence-corrected chi connectivity index (χ1v) is 7.93. The molecule has 3 rings (SSSR count). The van der Waals surface area contributed by atoms with Gasteiger partial charge in [-0.3, -0.25) is 19.7 Å². The van der Waals surface area contributed by atoms with Gasteiger partial charge in [-0.05, 0) is 18.2 Å². The number of aromatic hydroxyl groups is 1. The highest BCUT2D eigenvalue weighted by atomic mass is 16.6. The lowest BCUT2D eigenvalue weighted by Crippen LogP contribution is -2.25. The average Bonchev–Trinajstić information content (AvgIpc) is 2.68. The number of nitrogens with zero attached hydrogens (tertiary/aromatic N) is 3. The largest absolute Gasteiger partial charge is 0.505 e. The molecule has 0 radical (unpaired) electrons. The second-order valence-corrected chi connectivity index (χ2v) is 5.56. The Hall–Kier alpha value is -4.21. The molecule has 0 bridgehead atoms. The molecule has 0 aliphatic carbocycles. The number of ether oxygens (including phenoxy) is 1. The van der Waals surface area contributed by atoms with Crippen molar-refractivity contribution in [1.29, 1.82) is 0 Å². The molecule has 0 aliphatic rings. The number of aromatic nitrogens is 2. The summed E-state index contributed by atoms with van der Waals surface area (Å²) in [5, 5.41) is 27.2. The maximum atomic E-state index is 12.5. The maximum Gasteiger partial charge on any atom is 0.279 e. The van der Waals surface area contributed by atoms with Crippen LogP contribution in [0.4, 0.5) is 11.4 Å². The number of para-hydroxylation sites is 2. The Bertz CT molecular complexity index is 1130. The van der Waals surface area contributed by atoms with Crippen molar-refractivity contribution in [2.75, 3.05) is 12.4 Å². The van der Waals surface area contributed by atoms with Crippen LogP contribution in [0.25, 0.3) is 5.69 Å². The number of amides is 1. The summed E-state index contributed by atoms with van der Waals surface area (Å²) < 4.78 is 6.11. The van der Waals surface area contributed by atoms with Gasteiger partial charge in [0.05, 0.1) is 12.0 Å². The smallest absolute Gasteiger partial charge is 0.279 e. The van der Waals surface area contributed by atoms with E-state index in [9.17, 15) is 24.8 Å². The molecule has 0 unspecified atom stereocenters.